The highest BCUT2D eigenvalue weighted by Crippen LogP contribution is 2.34. The highest BCUT2D eigenvalue weighted by molar-refractivity contribution is 5.99. The molecule has 9 heteroatoms. The van der Waals surface area contributed by atoms with Crippen LogP contribution < -0.4 is 14.2 Å². The Labute approximate surface area is 185 Å². The smallest absolute Gasteiger partial charge is 0.319 e. The van der Waals surface area contributed by atoms with E-state index >= 15 is 0 Å². The second-order valence-electron chi connectivity index (χ2n) is 8.13. The van der Waals surface area contributed by atoms with E-state index in [4.69, 9.17) is 14.2 Å². The van der Waals surface area contributed by atoms with Crippen molar-refractivity contribution in [1.82, 2.24) is 14.9 Å². The molecule has 4 rings (SSSR count). The number of fused-ring (bicyclic) bond motifs is 1. The van der Waals surface area contributed by atoms with Crippen LogP contribution in [-0.4, -0.2) is 60.0 Å². The van der Waals surface area contributed by atoms with Crippen molar-refractivity contribution in [3.8, 4) is 17.6 Å². The molecule has 0 radical (unpaired) electrons. The number of Topliss-reactive ketones (excluding diaryl/α,β-unsaturated/α-hetero) is 1. The number of likely N-dealkylation sites (tertiary alicyclic amines) is 1. The Balaban J connectivity index is 1.46. The topological polar surface area (TPSA) is 90.9 Å². The Morgan fingerprint density at radius 3 is 2.84 bits per heavy atom. The average molecular weight is 443 g/mol. The number of hydrogen-bond acceptors (Lipinski definition) is 7. The highest BCUT2D eigenvalue weighted by Gasteiger charge is 2.36. The van der Waals surface area contributed by atoms with E-state index in [2.05, 4.69) is 9.97 Å². The first kappa shape index (κ1) is 22.0. The Morgan fingerprint density at radius 1 is 1.28 bits per heavy atom. The second kappa shape index (κ2) is 9.10. The molecular formula is C23H26FN3O5. The van der Waals surface area contributed by atoms with Crippen LogP contribution in [0.25, 0.3) is 0 Å². The molecule has 2 aliphatic heterocycles. The van der Waals surface area contributed by atoms with Gasteiger partial charge in [-0.1, -0.05) is 0 Å². The van der Waals surface area contributed by atoms with Gasteiger partial charge in [-0.15, -0.1) is 0 Å². The first-order valence-electron chi connectivity index (χ1n) is 10.6. The van der Waals surface area contributed by atoms with E-state index in [-0.39, 0.29) is 48.1 Å². The number of amides is 1. The minimum Gasteiger partial charge on any atom is -0.489 e. The Morgan fingerprint density at radius 2 is 2.09 bits per heavy atom. The van der Waals surface area contributed by atoms with Crippen molar-refractivity contribution in [2.45, 2.75) is 38.7 Å². The summed E-state index contributed by atoms with van der Waals surface area (Å²) in [5.74, 6) is 0.101. The summed E-state index contributed by atoms with van der Waals surface area (Å²) < 4.78 is 29.9. The van der Waals surface area contributed by atoms with Crippen molar-refractivity contribution in [2.24, 2.45) is 5.92 Å². The molecule has 2 aromatic rings. The number of nitrogens with zero attached hydrogens (tertiary/aromatic N) is 3. The summed E-state index contributed by atoms with van der Waals surface area (Å²) in [6, 6.07) is 4.20. The van der Waals surface area contributed by atoms with E-state index < -0.39 is 5.82 Å². The lowest BCUT2D eigenvalue weighted by Crippen LogP contribution is -2.47. The van der Waals surface area contributed by atoms with Crippen LogP contribution in [0, 0.1) is 18.7 Å². The predicted molar refractivity (Wildman–Crippen MR) is 113 cm³/mol. The Hall–Kier alpha value is -3.23. The summed E-state index contributed by atoms with van der Waals surface area (Å²) in [6.45, 7) is 2.91. The summed E-state index contributed by atoms with van der Waals surface area (Å²) in [5.41, 5.74) is 1.54. The van der Waals surface area contributed by atoms with Crippen LogP contribution in [0.4, 0.5) is 4.39 Å². The fraction of sp³-hybridized carbons (Fsp3) is 0.478. The second-order valence-corrected chi connectivity index (χ2v) is 8.13. The number of carbonyl (C=O) groups excluding carboxylic acids is 2. The third-order valence-corrected chi connectivity index (χ3v) is 6.10. The van der Waals surface area contributed by atoms with Gasteiger partial charge in [0.05, 0.1) is 31.9 Å². The number of halogens is 1. The molecular weight excluding hydrogens is 417 g/mol. The molecule has 170 valence electrons. The molecule has 32 heavy (non-hydrogen) atoms. The lowest BCUT2D eigenvalue weighted by molar-refractivity contribution is -0.133. The molecule has 8 nitrogen and oxygen atoms in total. The van der Waals surface area contributed by atoms with Gasteiger partial charge >= 0.3 is 6.01 Å². The maximum atomic E-state index is 13.5. The fourth-order valence-electron chi connectivity index (χ4n) is 4.39. The number of carbonyl (C=O) groups is 2. The van der Waals surface area contributed by atoms with E-state index in [0.717, 1.165) is 12.8 Å². The molecule has 2 atom stereocenters. The van der Waals surface area contributed by atoms with Gasteiger partial charge in [-0.2, -0.15) is 4.98 Å². The standard InChI is InChI=1S/C23H26FN3O5/c1-13-16(22(30-2)26-23(25-13)31-3)10-21(29)27-8-4-5-14(12-27)20-11-18(28)17-9-15(24)6-7-19(17)32-20/h6-7,9,14,20H,4-5,8,10-12H2,1-3H3. The van der Waals surface area contributed by atoms with E-state index in [1.807, 2.05) is 0 Å². The zero-order valence-electron chi connectivity index (χ0n) is 18.4. The third-order valence-electron chi connectivity index (χ3n) is 6.10. The molecule has 3 heterocycles. The third kappa shape index (κ3) is 4.37. The maximum absolute atomic E-state index is 13.5. The van der Waals surface area contributed by atoms with Gasteiger partial charge in [-0.3, -0.25) is 9.59 Å². The summed E-state index contributed by atoms with van der Waals surface area (Å²) in [4.78, 5) is 35.9. The van der Waals surface area contributed by atoms with Crippen molar-refractivity contribution >= 4 is 11.7 Å². The van der Waals surface area contributed by atoms with E-state index in [1.54, 1.807) is 11.8 Å². The van der Waals surface area contributed by atoms with E-state index in [9.17, 15) is 14.0 Å². The molecule has 0 bridgehead atoms. The number of piperidine rings is 1. The molecule has 0 N–H and O–H groups in total. The van der Waals surface area contributed by atoms with Crippen molar-refractivity contribution < 1.29 is 28.2 Å². The number of ether oxygens (including phenoxy) is 3. The summed E-state index contributed by atoms with van der Waals surface area (Å²) in [5, 5.41) is 0. The highest BCUT2D eigenvalue weighted by atomic mass is 19.1. The quantitative estimate of drug-likeness (QED) is 0.702. The van der Waals surface area contributed by atoms with Gasteiger partial charge in [0.25, 0.3) is 0 Å². The normalized spacial score (nSPS) is 20.4. The summed E-state index contributed by atoms with van der Waals surface area (Å²) in [6.07, 6.45) is 1.62. The molecule has 2 aliphatic rings. The van der Waals surface area contributed by atoms with Gasteiger partial charge in [-0.05, 0) is 38.0 Å². The number of benzene rings is 1. The summed E-state index contributed by atoms with van der Waals surface area (Å²) in [7, 11) is 2.97. The van der Waals surface area contributed by atoms with Gasteiger partial charge in [0.15, 0.2) is 5.78 Å². The van der Waals surface area contributed by atoms with E-state index in [1.165, 1.54) is 32.4 Å². The minimum absolute atomic E-state index is 0.0185. The average Bonchev–Trinajstić information content (AvgIpc) is 2.80. The van der Waals surface area contributed by atoms with Crippen molar-refractivity contribution in [2.75, 3.05) is 27.3 Å². The SMILES string of the molecule is COc1nc(C)c(CC(=O)N2CCCC(C3CC(=O)c4cc(F)ccc4O3)C2)c(OC)n1. The lowest BCUT2D eigenvalue weighted by Gasteiger charge is -2.38. The van der Waals surface area contributed by atoms with Crippen molar-refractivity contribution in [1.29, 1.82) is 0 Å². The first-order valence-corrected chi connectivity index (χ1v) is 10.6. The van der Waals surface area contributed by atoms with Crippen molar-refractivity contribution in [3.05, 3.63) is 40.8 Å². The van der Waals surface area contributed by atoms with Crippen LogP contribution in [0.15, 0.2) is 18.2 Å². The number of aryl methyl sites for hydroxylation is 1. The van der Waals surface area contributed by atoms with Gasteiger partial charge in [-0.25, -0.2) is 9.37 Å². The Bertz CT molecular complexity index is 1040. The molecule has 1 amide bonds. The molecule has 0 spiro atoms. The maximum Gasteiger partial charge on any atom is 0.319 e. The Kier molecular flexibility index (Phi) is 6.25. The number of ketones is 1. The van der Waals surface area contributed by atoms with Crippen LogP contribution in [0.5, 0.6) is 17.6 Å². The monoisotopic (exact) mass is 443 g/mol. The molecule has 0 saturated carbocycles. The van der Waals surface area contributed by atoms with Crippen LogP contribution in [-0.2, 0) is 11.2 Å². The fourth-order valence-corrected chi connectivity index (χ4v) is 4.39. The lowest BCUT2D eigenvalue weighted by atomic mass is 9.86. The van der Waals surface area contributed by atoms with Crippen LogP contribution in [0.1, 0.15) is 40.9 Å². The molecule has 1 aromatic heterocycles. The van der Waals surface area contributed by atoms with Gasteiger partial charge < -0.3 is 19.1 Å². The zero-order valence-corrected chi connectivity index (χ0v) is 18.4. The van der Waals surface area contributed by atoms with Gasteiger partial charge in [0.2, 0.25) is 11.8 Å². The summed E-state index contributed by atoms with van der Waals surface area (Å²) >= 11 is 0. The van der Waals surface area contributed by atoms with Crippen LogP contribution >= 0.6 is 0 Å². The molecule has 0 aliphatic carbocycles. The molecule has 1 saturated heterocycles. The number of rotatable bonds is 5. The minimum atomic E-state index is -0.457. The number of aromatic nitrogens is 2. The van der Waals surface area contributed by atoms with E-state index in [0.29, 0.717) is 36.0 Å². The number of hydrogen-bond donors (Lipinski definition) is 0. The zero-order chi connectivity index (χ0) is 22.8. The molecule has 2 unspecified atom stereocenters. The van der Waals surface area contributed by atoms with Gasteiger partial charge in [0, 0.05) is 31.0 Å². The largest absolute Gasteiger partial charge is 0.489 e. The predicted octanol–water partition coefficient (Wildman–Crippen LogP) is 2.76. The van der Waals surface area contributed by atoms with Crippen LogP contribution in [0.2, 0.25) is 0 Å². The van der Waals surface area contributed by atoms with Crippen molar-refractivity contribution in [3.63, 3.8) is 0 Å². The van der Waals surface area contributed by atoms with Gasteiger partial charge in [0.1, 0.15) is 17.7 Å². The molecule has 1 fully saturated rings. The van der Waals surface area contributed by atoms with Crippen LogP contribution in [0.3, 0.4) is 0 Å². The number of methoxy groups -OCH3 is 2. The molecule has 1 aromatic carbocycles. The first-order chi connectivity index (χ1) is 15.4.